The topological polar surface area (TPSA) is 49.3 Å². The second kappa shape index (κ2) is 3.84. The lowest BCUT2D eigenvalue weighted by molar-refractivity contribution is -0.144. The third-order valence-corrected chi connectivity index (χ3v) is 3.40. The fourth-order valence-corrected chi connectivity index (χ4v) is 2.31. The first-order valence-electron chi connectivity index (χ1n) is 4.65. The Morgan fingerprint density at radius 1 is 1.31 bits per heavy atom. The van der Waals surface area contributed by atoms with E-state index in [0.717, 1.165) is 38.8 Å². The molecule has 1 aliphatic carbocycles. The van der Waals surface area contributed by atoms with Gasteiger partial charge in [-0.3, -0.25) is 4.79 Å². The molecule has 0 atom stereocenters. The molecule has 1 spiro atoms. The number of carbonyl (C=O) groups is 1. The molecule has 13 heavy (non-hydrogen) atoms. The molecule has 1 saturated carbocycles. The Labute approximate surface area is 84.3 Å². The molecule has 3 nitrogen and oxygen atoms in total. The zero-order chi connectivity index (χ0) is 8.60. The predicted octanol–water partition coefficient (Wildman–Crippen LogP) is 1.27. The summed E-state index contributed by atoms with van der Waals surface area (Å²) in [5, 5.41) is 12.1. The number of hydrogen-bond acceptors (Lipinski definition) is 2. The molecule has 0 aromatic carbocycles. The number of halogens is 1. The minimum Gasteiger partial charge on any atom is -0.481 e. The van der Waals surface area contributed by atoms with Crippen molar-refractivity contribution in [1.82, 2.24) is 5.32 Å². The van der Waals surface area contributed by atoms with Crippen molar-refractivity contribution in [2.45, 2.75) is 25.7 Å². The summed E-state index contributed by atoms with van der Waals surface area (Å²) in [6, 6.07) is 0. The molecule has 0 amide bonds. The quantitative estimate of drug-likeness (QED) is 0.678. The van der Waals surface area contributed by atoms with Crippen LogP contribution >= 0.6 is 12.4 Å². The zero-order valence-electron chi connectivity index (χ0n) is 7.58. The average Bonchev–Trinajstić information content (AvgIpc) is 2.02. The van der Waals surface area contributed by atoms with E-state index in [0.29, 0.717) is 5.41 Å². The molecule has 0 bridgehead atoms. The van der Waals surface area contributed by atoms with Gasteiger partial charge in [-0.2, -0.15) is 0 Å². The van der Waals surface area contributed by atoms with E-state index in [9.17, 15) is 4.79 Å². The van der Waals surface area contributed by atoms with E-state index in [1.54, 1.807) is 0 Å². The fourth-order valence-electron chi connectivity index (χ4n) is 2.31. The second-order valence-corrected chi connectivity index (χ2v) is 4.22. The van der Waals surface area contributed by atoms with E-state index in [-0.39, 0.29) is 18.3 Å². The third kappa shape index (κ3) is 1.97. The van der Waals surface area contributed by atoms with E-state index in [2.05, 4.69) is 5.32 Å². The number of aliphatic carboxylic acids is 1. The minimum absolute atomic E-state index is 0. The first kappa shape index (κ1) is 10.8. The first-order chi connectivity index (χ1) is 5.72. The van der Waals surface area contributed by atoms with E-state index >= 15 is 0 Å². The van der Waals surface area contributed by atoms with Gasteiger partial charge in [-0.05, 0) is 31.1 Å². The number of carboxylic acid groups (broad SMARTS) is 1. The summed E-state index contributed by atoms with van der Waals surface area (Å²) < 4.78 is 0. The summed E-state index contributed by atoms with van der Waals surface area (Å²) in [6.07, 6.45) is 3.99. The monoisotopic (exact) mass is 205 g/mol. The summed E-state index contributed by atoms with van der Waals surface area (Å²) in [5.74, 6) is -0.659. The molecule has 2 rings (SSSR count). The molecule has 4 heteroatoms. The summed E-state index contributed by atoms with van der Waals surface area (Å²) in [4.78, 5) is 10.7. The average molecular weight is 206 g/mol. The van der Waals surface area contributed by atoms with Gasteiger partial charge in [0.15, 0.2) is 0 Å². The maximum atomic E-state index is 10.7. The van der Waals surface area contributed by atoms with Gasteiger partial charge in [0.1, 0.15) is 0 Å². The van der Waals surface area contributed by atoms with Gasteiger partial charge in [0.2, 0.25) is 0 Å². The maximum Gasteiger partial charge on any atom is 0.306 e. The Balaban J connectivity index is 0.000000845. The van der Waals surface area contributed by atoms with Crippen LogP contribution in [0.15, 0.2) is 0 Å². The largest absolute Gasteiger partial charge is 0.481 e. The van der Waals surface area contributed by atoms with Crippen molar-refractivity contribution in [1.29, 1.82) is 0 Å². The Bertz CT molecular complexity index is 194. The molecule has 2 aliphatic rings. The Hall–Kier alpha value is -0.280. The zero-order valence-corrected chi connectivity index (χ0v) is 8.40. The van der Waals surface area contributed by atoms with E-state index in [1.807, 2.05) is 0 Å². The lowest BCUT2D eigenvalue weighted by atomic mass is 9.67. The molecule has 1 saturated heterocycles. The molecule has 0 aromatic heterocycles. The normalized spacial score (nSPS) is 26.2. The number of carboxylic acids is 1. The number of hydrogen-bond donors (Lipinski definition) is 2. The van der Waals surface area contributed by atoms with Gasteiger partial charge >= 0.3 is 5.97 Å². The van der Waals surface area contributed by atoms with Crippen LogP contribution in [-0.2, 0) is 4.79 Å². The molecule has 76 valence electrons. The third-order valence-electron chi connectivity index (χ3n) is 3.40. The van der Waals surface area contributed by atoms with Crippen LogP contribution in [0.2, 0.25) is 0 Å². The number of rotatable bonds is 1. The lowest BCUT2D eigenvalue weighted by Crippen LogP contribution is -2.55. The molecule has 1 aliphatic heterocycles. The highest BCUT2D eigenvalue weighted by atomic mass is 35.5. The molecule has 0 aromatic rings. The van der Waals surface area contributed by atoms with Crippen molar-refractivity contribution < 1.29 is 9.90 Å². The Morgan fingerprint density at radius 2 is 1.85 bits per heavy atom. The molecular formula is C9H16ClNO2. The van der Waals surface area contributed by atoms with Crippen LogP contribution in [0.1, 0.15) is 25.7 Å². The van der Waals surface area contributed by atoms with Crippen LogP contribution in [0.25, 0.3) is 0 Å². The maximum absolute atomic E-state index is 10.7. The van der Waals surface area contributed by atoms with Crippen LogP contribution in [-0.4, -0.2) is 24.2 Å². The molecule has 0 unspecified atom stereocenters. The van der Waals surface area contributed by atoms with Crippen molar-refractivity contribution >= 4 is 18.4 Å². The number of nitrogens with one attached hydrogen (secondary N) is 1. The minimum atomic E-state index is -0.600. The van der Waals surface area contributed by atoms with Gasteiger partial charge in [-0.1, -0.05) is 0 Å². The van der Waals surface area contributed by atoms with Crippen molar-refractivity contribution in [2.75, 3.05) is 13.1 Å². The molecule has 0 radical (unpaired) electrons. The van der Waals surface area contributed by atoms with Gasteiger partial charge in [0.05, 0.1) is 5.92 Å². The van der Waals surface area contributed by atoms with Crippen LogP contribution in [0.5, 0.6) is 0 Å². The molecular weight excluding hydrogens is 190 g/mol. The van der Waals surface area contributed by atoms with Crippen LogP contribution in [0, 0.1) is 11.3 Å². The van der Waals surface area contributed by atoms with Crippen molar-refractivity contribution in [2.24, 2.45) is 11.3 Å². The highest BCUT2D eigenvalue weighted by Crippen LogP contribution is 2.41. The van der Waals surface area contributed by atoms with Gasteiger partial charge in [-0.15, -0.1) is 12.4 Å². The fraction of sp³-hybridized carbons (Fsp3) is 0.889. The van der Waals surface area contributed by atoms with Crippen molar-refractivity contribution in [3.63, 3.8) is 0 Å². The van der Waals surface area contributed by atoms with Crippen LogP contribution in [0.4, 0.5) is 0 Å². The van der Waals surface area contributed by atoms with Crippen LogP contribution in [0.3, 0.4) is 0 Å². The van der Waals surface area contributed by atoms with E-state index in [1.165, 1.54) is 0 Å². The summed E-state index contributed by atoms with van der Waals surface area (Å²) in [6.45, 7) is 2.22. The van der Waals surface area contributed by atoms with Crippen LogP contribution < -0.4 is 5.32 Å². The summed E-state index contributed by atoms with van der Waals surface area (Å²) in [7, 11) is 0. The van der Waals surface area contributed by atoms with E-state index in [4.69, 9.17) is 5.11 Å². The highest BCUT2D eigenvalue weighted by Gasteiger charge is 2.41. The van der Waals surface area contributed by atoms with Gasteiger partial charge < -0.3 is 10.4 Å². The van der Waals surface area contributed by atoms with Gasteiger partial charge in [0.25, 0.3) is 0 Å². The predicted molar refractivity (Wildman–Crippen MR) is 52.1 cm³/mol. The molecule has 2 fully saturated rings. The molecule has 2 N–H and O–H groups in total. The summed E-state index contributed by atoms with van der Waals surface area (Å²) >= 11 is 0. The summed E-state index contributed by atoms with van der Waals surface area (Å²) in [5.41, 5.74) is 0.492. The first-order valence-corrected chi connectivity index (χ1v) is 4.65. The lowest BCUT2D eigenvalue weighted by Gasteiger charge is -2.46. The Morgan fingerprint density at radius 3 is 2.15 bits per heavy atom. The standard InChI is InChI=1S/C9H15NO2.ClH/c11-8(12)7-1-3-9(4-2-7)5-10-6-9;/h7,10H,1-6H2,(H,11,12);1H. The van der Waals surface area contributed by atoms with E-state index < -0.39 is 5.97 Å². The van der Waals surface area contributed by atoms with Crippen molar-refractivity contribution in [3.8, 4) is 0 Å². The second-order valence-electron chi connectivity index (χ2n) is 4.22. The van der Waals surface area contributed by atoms with Gasteiger partial charge in [0, 0.05) is 13.1 Å². The highest BCUT2D eigenvalue weighted by molar-refractivity contribution is 5.85. The van der Waals surface area contributed by atoms with Crippen molar-refractivity contribution in [3.05, 3.63) is 0 Å². The SMILES string of the molecule is Cl.O=C(O)C1CCC2(CC1)CNC2. The smallest absolute Gasteiger partial charge is 0.306 e. The molecule has 1 heterocycles. The Kier molecular flexibility index (Phi) is 3.19. The van der Waals surface area contributed by atoms with Gasteiger partial charge in [-0.25, -0.2) is 0 Å².